The molecule has 0 spiro atoms. The maximum Gasteiger partial charge on any atom is 0.256 e. The molecule has 0 unspecified atom stereocenters. The van der Waals surface area contributed by atoms with Gasteiger partial charge in [-0.2, -0.15) is 0 Å². The summed E-state index contributed by atoms with van der Waals surface area (Å²) in [4.78, 5) is 46.1. The molecule has 238 valence electrons. The minimum atomic E-state index is -0.634. The minimum absolute atomic E-state index is 0.0443. The van der Waals surface area contributed by atoms with E-state index >= 15 is 0 Å². The number of likely N-dealkylation sites (N-methyl/N-ethyl adjacent to an activating group) is 2. The third kappa shape index (κ3) is 8.93. The first kappa shape index (κ1) is 33.2. The summed E-state index contributed by atoms with van der Waals surface area (Å²) < 4.78 is 14.8. The van der Waals surface area contributed by atoms with Crippen molar-refractivity contribution < 1.29 is 18.8 Å². The summed E-state index contributed by atoms with van der Waals surface area (Å²) in [5.74, 6) is -0.927. The van der Waals surface area contributed by atoms with E-state index in [0.717, 1.165) is 45.2 Å². The zero-order valence-corrected chi connectivity index (χ0v) is 26.0. The van der Waals surface area contributed by atoms with Crippen LogP contribution < -0.4 is 11.1 Å². The summed E-state index contributed by atoms with van der Waals surface area (Å²) >= 11 is 0. The fourth-order valence-electron chi connectivity index (χ4n) is 5.98. The molecule has 2 aliphatic heterocycles. The van der Waals surface area contributed by atoms with Crippen molar-refractivity contribution >= 4 is 23.4 Å². The standard InChI is InChI=1S/C33H46FN7O3/c1-3-39(15-14-38(2)22-24-10-12-37-13-11-24)23-31(42)40-16-18-41(19-17-40)33(44)28-20-25(8-9-29(28)34)21-30(35)26-6-4-5-7-27(26)32(36)43/h4-9,20,24,35,37H,3,10-19,21-23H2,1-2H3,(H2,36,43). The molecule has 2 saturated heterocycles. The van der Waals surface area contributed by atoms with E-state index < -0.39 is 17.6 Å². The van der Waals surface area contributed by atoms with Gasteiger partial charge in [-0.05, 0) is 69.2 Å². The van der Waals surface area contributed by atoms with Gasteiger partial charge in [0.2, 0.25) is 11.8 Å². The van der Waals surface area contributed by atoms with Gasteiger partial charge in [0.25, 0.3) is 5.91 Å². The fourth-order valence-corrected chi connectivity index (χ4v) is 5.98. The number of rotatable bonds is 13. The molecule has 0 saturated carbocycles. The Bertz CT molecular complexity index is 1320. The zero-order chi connectivity index (χ0) is 31.6. The van der Waals surface area contributed by atoms with Crippen LogP contribution in [0.3, 0.4) is 0 Å². The second-order valence-electron chi connectivity index (χ2n) is 11.9. The van der Waals surface area contributed by atoms with Crippen LogP contribution in [0.5, 0.6) is 0 Å². The second kappa shape index (κ2) is 15.9. The number of piperazine rings is 1. The van der Waals surface area contributed by atoms with Crippen molar-refractivity contribution in [1.29, 1.82) is 5.41 Å². The number of amides is 3. The first-order chi connectivity index (χ1) is 21.2. The summed E-state index contributed by atoms with van der Waals surface area (Å²) in [5.41, 5.74) is 6.76. The Morgan fingerprint density at radius 1 is 0.977 bits per heavy atom. The van der Waals surface area contributed by atoms with E-state index in [9.17, 15) is 18.8 Å². The lowest BCUT2D eigenvalue weighted by Gasteiger charge is -2.36. The lowest BCUT2D eigenvalue weighted by atomic mass is 9.96. The summed E-state index contributed by atoms with van der Waals surface area (Å²) in [6, 6.07) is 10.8. The van der Waals surface area contributed by atoms with Crippen molar-refractivity contribution in [3.05, 3.63) is 70.5 Å². The maximum absolute atomic E-state index is 14.8. The molecule has 0 aromatic heterocycles. The lowest BCUT2D eigenvalue weighted by molar-refractivity contribution is -0.133. The normalized spacial score (nSPS) is 16.0. The van der Waals surface area contributed by atoms with E-state index in [-0.39, 0.29) is 29.2 Å². The Morgan fingerprint density at radius 2 is 1.64 bits per heavy atom. The molecule has 2 heterocycles. The number of hydrogen-bond donors (Lipinski definition) is 3. The number of carbonyl (C=O) groups excluding carboxylic acids is 3. The van der Waals surface area contributed by atoms with Crippen LogP contribution in [-0.4, -0.2) is 122 Å². The van der Waals surface area contributed by atoms with Gasteiger partial charge in [0.15, 0.2) is 0 Å². The van der Waals surface area contributed by atoms with Crippen LogP contribution in [0.15, 0.2) is 42.5 Å². The van der Waals surface area contributed by atoms with Crippen LogP contribution in [-0.2, 0) is 11.2 Å². The Morgan fingerprint density at radius 3 is 2.30 bits per heavy atom. The van der Waals surface area contributed by atoms with Crippen LogP contribution in [0, 0.1) is 17.1 Å². The summed E-state index contributed by atoms with van der Waals surface area (Å²) in [5, 5.41) is 11.9. The molecular weight excluding hydrogens is 561 g/mol. The highest BCUT2D eigenvalue weighted by Crippen LogP contribution is 2.18. The van der Waals surface area contributed by atoms with Crippen LogP contribution in [0.4, 0.5) is 4.39 Å². The number of halogens is 1. The maximum atomic E-state index is 14.8. The van der Waals surface area contributed by atoms with E-state index in [0.29, 0.717) is 43.9 Å². The third-order valence-corrected chi connectivity index (χ3v) is 8.71. The molecule has 2 aliphatic rings. The van der Waals surface area contributed by atoms with Gasteiger partial charge in [0, 0.05) is 69.1 Å². The van der Waals surface area contributed by atoms with Gasteiger partial charge < -0.3 is 31.2 Å². The molecule has 0 aliphatic carbocycles. The highest BCUT2D eigenvalue weighted by Gasteiger charge is 2.27. The van der Waals surface area contributed by atoms with Gasteiger partial charge >= 0.3 is 0 Å². The Kier molecular flexibility index (Phi) is 12.0. The molecule has 3 amide bonds. The number of nitrogens with zero attached hydrogens (tertiary/aromatic N) is 4. The van der Waals surface area contributed by atoms with Crippen molar-refractivity contribution in [3.8, 4) is 0 Å². The predicted octanol–water partition coefficient (Wildman–Crippen LogP) is 2.07. The van der Waals surface area contributed by atoms with Gasteiger partial charge in [-0.25, -0.2) is 4.39 Å². The van der Waals surface area contributed by atoms with Crippen molar-refractivity contribution in [2.45, 2.75) is 26.2 Å². The molecular formula is C33H46FN7O3. The smallest absolute Gasteiger partial charge is 0.256 e. The number of nitrogens with two attached hydrogens (primary N) is 1. The molecule has 0 atom stereocenters. The van der Waals surface area contributed by atoms with Crippen molar-refractivity contribution in [1.82, 2.24) is 24.9 Å². The van der Waals surface area contributed by atoms with E-state index in [1.165, 1.54) is 31.0 Å². The lowest BCUT2D eigenvalue weighted by Crippen LogP contribution is -2.53. The van der Waals surface area contributed by atoms with E-state index in [4.69, 9.17) is 11.1 Å². The number of piperidine rings is 1. The second-order valence-corrected chi connectivity index (χ2v) is 11.9. The van der Waals surface area contributed by atoms with E-state index in [1.807, 2.05) is 0 Å². The fraction of sp³-hybridized carbons (Fsp3) is 0.515. The molecule has 10 nitrogen and oxygen atoms in total. The molecule has 4 rings (SSSR count). The third-order valence-electron chi connectivity index (χ3n) is 8.71. The average molecular weight is 608 g/mol. The first-order valence-electron chi connectivity index (χ1n) is 15.6. The summed E-state index contributed by atoms with van der Waals surface area (Å²) in [6.07, 6.45) is 2.53. The summed E-state index contributed by atoms with van der Waals surface area (Å²) in [6.45, 7) is 9.63. The molecule has 2 fully saturated rings. The first-order valence-corrected chi connectivity index (χ1v) is 15.6. The van der Waals surface area contributed by atoms with E-state index in [1.54, 1.807) is 34.1 Å². The Balaban J connectivity index is 1.27. The van der Waals surface area contributed by atoms with Crippen LogP contribution in [0.2, 0.25) is 0 Å². The number of benzene rings is 2. The van der Waals surface area contributed by atoms with Crippen molar-refractivity contribution in [2.75, 3.05) is 79.0 Å². The SMILES string of the molecule is CCN(CCN(C)CC1CCNCC1)CC(=O)N1CCN(C(=O)c2cc(CC(=N)c3ccccc3C(N)=O)ccc2F)CC1. The number of hydrogen-bond acceptors (Lipinski definition) is 7. The van der Waals surface area contributed by atoms with Crippen LogP contribution >= 0.6 is 0 Å². The molecule has 0 bridgehead atoms. The van der Waals surface area contributed by atoms with Crippen LogP contribution in [0.25, 0.3) is 0 Å². The molecule has 2 aromatic carbocycles. The van der Waals surface area contributed by atoms with Gasteiger partial charge in [-0.3, -0.25) is 19.3 Å². The van der Waals surface area contributed by atoms with Gasteiger partial charge in [-0.15, -0.1) is 0 Å². The quantitative estimate of drug-likeness (QED) is 0.300. The number of carbonyl (C=O) groups is 3. The molecule has 44 heavy (non-hydrogen) atoms. The molecule has 11 heteroatoms. The minimum Gasteiger partial charge on any atom is -0.366 e. The predicted molar refractivity (Wildman–Crippen MR) is 170 cm³/mol. The topological polar surface area (TPSA) is 126 Å². The monoisotopic (exact) mass is 607 g/mol. The largest absolute Gasteiger partial charge is 0.366 e. The Labute approximate surface area is 259 Å². The van der Waals surface area contributed by atoms with Crippen molar-refractivity contribution in [2.24, 2.45) is 11.7 Å². The van der Waals surface area contributed by atoms with Crippen LogP contribution in [0.1, 0.15) is 51.6 Å². The number of nitrogens with one attached hydrogen (secondary N) is 2. The number of primary amides is 1. The van der Waals surface area contributed by atoms with Gasteiger partial charge in [0.1, 0.15) is 5.82 Å². The Hall–Kier alpha value is -3.67. The zero-order valence-electron chi connectivity index (χ0n) is 26.0. The average Bonchev–Trinajstić information content (AvgIpc) is 3.04. The highest BCUT2D eigenvalue weighted by molar-refractivity contribution is 6.09. The highest BCUT2D eigenvalue weighted by atomic mass is 19.1. The van der Waals surface area contributed by atoms with E-state index in [2.05, 4.69) is 29.1 Å². The molecule has 2 aromatic rings. The summed E-state index contributed by atoms with van der Waals surface area (Å²) in [7, 11) is 2.15. The van der Waals surface area contributed by atoms with Gasteiger partial charge in [-0.1, -0.05) is 31.2 Å². The molecule has 4 N–H and O–H groups in total. The molecule has 0 radical (unpaired) electrons. The van der Waals surface area contributed by atoms with Gasteiger partial charge in [0.05, 0.1) is 12.1 Å². The van der Waals surface area contributed by atoms with Crippen molar-refractivity contribution in [3.63, 3.8) is 0 Å².